The van der Waals surface area contributed by atoms with E-state index in [1.165, 1.54) is 4.70 Å². The third kappa shape index (κ3) is 4.18. The molecule has 0 aliphatic rings. The Balaban J connectivity index is 1.68. The topological polar surface area (TPSA) is 45.9 Å². The Morgan fingerprint density at radius 1 is 1.13 bits per heavy atom. The van der Waals surface area contributed by atoms with E-state index in [0.717, 1.165) is 28.3 Å². The molecule has 0 saturated carbocycles. The van der Waals surface area contributed by atoms with Gasteiger partial charge in [-0.15, -0.1) is 11.3 Å². The molecule has 0 radical (unpaired) electrons. The highest BCUT2D eigenvalue weighted by molar-refractivity contribution is 7.19. The number of unbranched alkanes of at least 4 members (excludes halogenated alkanes) is 1. The molecular weight excluding hydrogens is 304 g/mol. The van der Waals surface area contributed by atoms with Crippen molar-refractivity contribution < 1.29 is 4.74 Å². The van der Waals surface area contributed by atoms with Crippen LogP contribution in [0.2, 0.25) is 0 Å². The molecule has 0 aliphatic carbocycles. The van der Waals surface area contributed by atoms with E-state index in [-0.39, 0.29) is 0 Å². The molecule has 0 fully saturated rings. The van der Waals surface area contributed by atoms with E-state index in [2.05, 4.69) is 17.1 Å². The fraction of sp³-hybridized carbons (Fsp3) is 0.158. The molecule has 2 aromatic carbocycles. The number of benzene rings is 2. The van der Waals surface area contributed by atoms with Gasteiger partial charge in [-0.1, -0.05) is 30.3 Å². The van der Waals surface area contributed by atoms with Gasteiger partial charge in [-0.2, -0.15) is 5.26 Å². The summed E-state index contributed by atoms with van der Waals surface area (Å²) in [5.41, 5.74) is 2.11. The zero-order chi connectivity index (χ0) is 15.9. The molecule has 0 spiro atoms. The Labute approximate surface area is 139 Å². The highest BCUT2D eigenvalue weighted by Crippen LogP contribution is 2.23. The van der Waals surface area contributed by atoms with Crippen LogP contribution in [0.1, 0.15) is 23.4 Å². The zero-order valence-corrected chi connectivity index (χ0v) is 13.4. The predicted octanol–water partition coefficient (Wildman–Crippen LogP) is 5.15. The van der Waals surface area contributed by atoms with Gasteiger partial charge in [-0.05, 0) is 42.3 Å². The molecule has 1 aromatic heterocycles. The number of nitriles is 1. The summed E-state index contributed by atoms with van der Waals surface area (Å²) in [6.45, 7) is 0.568. The molecule has 4 heteroatoms. The van der Waals surface area contributed by atoms with Crippen molar-refractivity contribution in [2.75, 3.05) is 6.61 Å². The summed E-state index contributed by atoms with van der Waals surface area (Å²) < 4.78 is 6.85. The maximum absolute atomic E-state index is 8.52. The van der Waals surface area contributed by atoms with Crippen molar-refractivity contribution in [3.05, 3.63) is 59.1 Å². The summed E-state index contributed by atoms with van der Waals surface area (Å²) in [7, 11) is 0. The average Bonchev–Trinajstić information content (AvgIpc) is 3.00. The Kier molecular flexibility index (Phi) is 5.02. The Bertz CT molecular complexity index is 828. The van der Waals surface area contributed by atoms with Crippen molar-refractivity contribution in [1.29, 1.82) is 5.26 Å². The second-order valence-electron chi connectivity index (χ2n) is 5.04. The van der Waals surface area contributed by atoms with Gasteiger partial charge in [-0.3, -0.25) is 0 Å². The average molecular weight is 320 g/mol. The molecule has 0 saturated heterocycles. The lowest BCUT2D eigenvalue weighted by molar-refractivity contribution is 0.312. The van der Waals surface area contributed by atoms with Crippen LogP contribution in [0, 0.1) is 11.3 Å². The number of rotatable bonds is 6. The van der Waals surface area contributed by atoms with Gasteiger partial charge in [-0.25, -0.2) is 4.98 Å². The standard InChI is InChI=1S/C19H16N2OS/c20-12-3-4-13-22-16-7-5-6-15(14-16)10-11-19-21-17-8-1-2-9-18(17)23-19/h1-2,5-11,14H,3-4,13H2/b11-10+. The fourth-order valence-corrected chi connectivity index (χ4v) is 3.05. The van der Waals surface area contributed by atoms with E-state index < -0.39 is 0 Å². The molecule has 0 amide bonds. The summed E-state index contributed by atoms with van der Waals surface area (Å²) in [5, 5.41) is 9.51. The SMILES string of the molecule is N#CCCCOc1cccc(/C=C/c2nc3ccccc3s2)c1. The second-order valence-corrected chi connectivity index (χ2v) is 6.10. The molecule has 0 bridgehead atoms. The highest BCUT2D eigenvalue weighted by atomic mass is 32.1. The molecule has 114 valence electrons. The fourth-order valence-electron chi connectivity index (χ4n) is 2.18. The normalized spacial score (nSPS) is 10.9. The van der Waals surface area contributed by atoms with Gasteiger partial charge in [0.2, 0.25) is 0 Å². The van der Waals surface area contributed by atoms with Crippen molar-refractivity contribution in [3.8, 4) is 11.8 Å². The Morgan fingerprint density at radius 3 is 2.91 bits per heavy atom. The number of nitrogens with zero attached hydrogens (tertiary/aromatic N) is 2. The first kappa shape index (κ1) is 15.3. The highest BCUT2D eigenvalue weighted by Gasteiger charge is 2.00. The monoisotopic (exact) mass is 320 g/mol. The first-order valence-corrected chi connectivity index (χ1v) is 8.30. The molecule has 0 unspecified atom stereocenters. The number of thiazole rings is 1. The molecule has 3 rings (SSSR count). The number of aromatic nitrogens is 1. The quantitative estimate of drug-likeness (QED) is 0.590. The lowest BCUT2D eigenvalue weighted by Gasteiger charge is -2.05. The van der Waals surface area contributed by atoms with E-state index in [4.69, 9.17) is 10.00 Å². The summed E-state index contributed by atoms with van der Waals surface area (Å²) in [6.07, 6.45) is 5.35. The molecule has 0 atom stereocenters. The van der Waals surface area contributed by atoms with Crippen LogP contribution in [0.25, 0.3) is 22.4 Å². The van der Waals surface area contributed by atoms with E-state index >= 15 is 0 Å². The van der Waals surface area contributed by atoms with Crippen LogP contribution < -0.4 is 4.74 Å². The molecule has 0 N–H and O–H groups in total. The molecule has 1 heterocycles. The molecule has 23 heavy (non-hydrogen) atoms. The summed E-state index contributed by atoms with van der Waals surface area (Å²) in [5.74, 6) is 0.828. The molecular formula is C19H16N2OS. The first-order valence-electron chi connectivity index (χ1n) is 7.48. The van der Waals surface area contributed by atoms with Crippen molar-refractivity contribution in [2.24, 2.45) is 0 Å². The van der Waals surface area contributed by atoms with Crippen LogP contribution in [-0.2, 0) is 0 Å². The van der Waals surface area contributed by atoms with Crippen LogP contribution >= 0.6 is 11.3 Å². The first-order chi connectivity index (χ1) is 11.3. The largest absolute Gasteiger partial charge is 0.494 e. The summed E-state index contributed by atoms with van der Waals surface area (Å²) >= 11 is 1.68. The number of ether oxygens (including phenoxy) is 1. The van der Waals surface area contributed by atoms with Crippen molar-refractivity contribution in [1.82, 2.24) is 4.98 Å². The second kappa shape index (κ2) is 7.57. The van der Waals surface area contributed by atoms with Gasteiger partial charge in [0, 0.05) is 6.42 Å². The maximum Gasteiger partial charge on any atom is 0.119 e. The zero-order valence-electron chi connectivity index (χ0n) is 12.6. The van der Waals surface area contributed by atoms with Crippen molar-refractivity contribution in [2.45, 2.75) is 12.8 Å². The van der Waals surface area contributed by atoms with Crippen LogP contribution in [0.15, 0.2) is 48.5 Å². The number of fused-ring (bicyclic) bond motifs is 1. The minimum Gasteiger partial charge on any atom is -0.494 e. The van der Waals surface area contributed by atoms with E-state index in [9.17, 15) is 0 Å². The van der Waals surface area contributed by atoms with Gasteiger partial charge < -0.3 is 4.74 Å². The van der Waals surface area contributed by atoms with Gasteiger partial charge in [0.15, 0.2) is 0 Å². The minimum absolute atomic E-state index is 0.525. The number of hydrogen-bond donors (Lipinski definition) is 0. The van der Waals surface area contributed by atoms with E-state index in [1.54, 1.807) is 11.3 Å². The Morgan fingerprint density at radius 2 is 2.04 bits per heavy atom. The predicted molar refractivity (Wildman–Crippen MR) is 95.3 cm³/mol. The number of para-hydroxylation sites is 1. The molecule has 0 aliphatic heterocycles. The van der Waals surface area contributed by atoms with Crippen LogP contribution in [0.3, 0.4) is 0 Å². The molecule has 3 nitrogen and oxygen atoms in total. The van der Waals surface area contributed by atoms with E-state index in [1.807, 2.05) is 54.6 Å². The minimum atomic E-state index is 0.525. The third-order valence-electron chi connectivity index (χ3n) is 3.29. The smallest absolute Gasteiger partial charge is 0.119 e. The number of hydrogen-bond acceptors (Lipinski definition) is 4. The van der Waals surface area contributed by atoms with E-state index in [0.29, 0.717) is 13.0 Å². The van der Waals surface area contributed by atoms with Gasteiger partial charge >= 0.3 is 0 Å². The maximum atomic E-state index is 8.52. The summed E-state index contributed by atoms with van der Waals surface area (Å²) in [6, 6.07) is 18.2. The Hall–Kier alpha value is -2.64. The van der Waals surface area contributed by atoms with Gasteiger partial charge in [0.25, 0.3) is 0 Å². The van der Waals surface area contributed by atoms with Crippen LogP contribution in [0.4, 0.5) is 0 Å². The lowest BCUT2D eigenvalue weighted by Crippen LogP contribution is -1.96. The van der Waals surface area contributed by atoms with Gasteiger partial charge in [0.1, 0.15) is 10.8 Å². The van der Waals surface area contributed by atoms with Crippen LogP contribution in [-0.4, -0.2) is 11.6 Å². The van der Waals surface area contributed by atoms with Crippen molar-refractivity contribution in [3.63, 3.8) is 0 Å². The van der Waals surface area contributed by atoms with Crippen LogP contribution in [0.5, 0.6) is 5.75 Å². The summed E-state index contributed by atoms with van der Waals surface area (Å²) in [4.78, 5) is 4.59. The van der Waals surface area contributed by atoms with Crippen molar-refractivity contribution >= 4 is 33.7 Å². The van der Waals surface area contributed by atoms with Gasteiger partial charge in [0.05, 0.1) is 22.9 Å². The third-order valence-corrected chi connectivity index (χ3v) is 4.29. The lowest BCUT2D eigenvalue weighted by atomic mass is 10.2. The molecule has 3 aromatic rings.